The van der Waals surface area contributed by atoms with Crippen molar-refractivity contribution in [3.05, 3.63) is 4.88 Å². The summed E-state index contributed by atoms with van der Waals surface area (Å²) in [5.74, 6) is 0.766. The molecule has 6 nitrogen and oxygen atoms in total. The van der Waals surface area contributed by atoms with E-state index in [-0.39, 0.29) is 5.91 Å². The number of hydrogen-bond acceptors (Lipinski definition) is 6. The first kappa shape index (κ1) is 14.1. The highest BCUT2D eigenvalue weighted by Gasteiger charge is 2.23. The van der Waals surface area contributed by atoms with Crippen LogP contribution in [0.2, 0.25) is 0 Å². The van der Waals surface area contributed by atoms with Crippen LogP contribution in [0.1, 0.15) is 22.5 Å². The van der Waals surface area contributed by atoms with Crippen LogP contribution in [-0.2, 0) is 4.74 Å². The van der Waals surface area contributed by atoms with Gasteiger partial charge in [-0.05, 0) is 18.8 Å². The van der Waals surface area contributed by atoms with Crippen molar-refractivity contribution in [1.82, 2.24) is 9.88 Å². The summed E-state index contributed by atoms with van der Waals surface area (Å²) in [6, 6.07) is 0. The van der Waals surface area contributed by atoms with Gasteiger partial charge in [0, 0.05) is 33.9 Å². The van der Waals surface area contributed by atoms with E-state index >= 15 is 0 Å². The lowest BCUT2D eigenvalue weighted by molar-refractivity contribution is 0.0499. The van der Waals surface area contributed by atoms with Crippen molar-refractivity contribution in [2.24, 2.45) is 5.92 Å². The third-order valence-electron chi connectivity index (χ3n) is 3.28. The van der Waals surface area contributed by atoms with E-state index in [0.717, 1.165) is 32.6 Å². The number of hydrogen-bond donors (Lipinski definition) is 2. The number of carbonyl (C=O) groups excluding carboxylic acids is 1. The van der Waals surface area contributed by atoms with E-state index in [2.05, 4.69) is 10.3 Å². The molecule has 0 spiro atoms. The predicted octanol–water partition coefficient (Wildman–Crippen LogP) is 1.27. The fraction of sp³-hybridized carbons (Fsp3) is 0.667. The van der Waals surface area contributed by atoms with Crippen molar-refractivity contribution in [1.29, 1.82) is 0 Å². The monoisotopic (exact) mass is 284 g/mol. The molecule has 1 amide bonds. The summed E-state index contributed by atoms with van der Waals surface area (Å²) in [5, 5.41) is 3.57. The SMILES string of the molecule is CNc1nc(N)c(C(=O)N(C)CC2CCOCC2)s1. The summed E-state index contributed by atoms with van der Waals surface area (Å²) >= 11 is 1.29. The summed E-state index contributed by atoms with van der Waals surface area (Å²) in [7, 11) is 3.58. The molecule has 0 aromatic carbocycles. The first-order chi connectivity index (χ1) is 9.11. The Kier molecular flexibility index (Phi) is 4.60. The number of nitrogen functional groups attached to an aromatic ring is 1. The molecule has 106 valence electrons. The third kappa shape index (κ3) is 3.36. The summed E-state index contributed by atoms with van der Waals surface area (Å²) < 4.78 is 5.32. The molecule has 3 N–H and O–H groups in total. The van der Waals surface area contributed by atoms with Gasteiger partial charge < -0.3 is 20.7 Å². The highest BCUT2D eigenvalue weighted by molar-refractivity contribution is 7.18. The molecule has 0 atom stereocenters. The molecule has 1 aliphatic heterocycles. The Morgan fingerprint density at radius 1 is 1.58 bits per heavy atom. The topological polar surface area (TPSA) is 80.5 Å². The average Bonchev–Trinajstić information content (AvgIpc) is 2.80. The van der Waals surface area contributed by atoms with Gasteiger partial charge in [0.05, 0.1) is 0 Å². The molecule has 1 aromatic heterocycles. The standard InChI is InChI=1S/C12H20N4O2S/c1-14-12-15-10(13)9(19-12)11(17)16(2)7-8-3-5-18-6-4-8/h8H,3-7,13H2,1-2H3,(H,14,15). The minimum Gasteiger partial charge on any atom is -0.382 e. The van der Waals surface area contributed by atoms with Crippen LogP contribution >= 0.6 is 11.3 Å². The van der Waals surface area contributed by atoms with Crippen molar-refractivity contribution in [3.63, 3.8) is 0 Å². The first-order valence-electron chi connectivity index (χ1n) is 6.39. The van der Waals surface area contributed by atoms with E-state index in [1.165, 1.54) is 11.3 Å². The lowest BCUT2D eigenvalue weighted by Crippen LogP contribution is -2.34. The van der Waals surface area contributed by atoms with Crippen LogP contribution in [0.3, 0.4) is 0 Å². The molecule has 0 aliphatic carbocycles. The van der Waals surface area contributed by atoms with E-state index in [9.17, 15) is 4.79 Å². The van der Waals surface area contributed by atoms with E-state index in [1.807, 2.05) is 7.05 Å². The summed E-state index contributed by atoms with van der Waals surface area (Å²) in [5.41, 5.74) is 5.78. The largest absolute Gasteiger partial charge is 0.382 e. The van der Waals surface area contributed by atoms with Crippen LogP contribution in [0.5, 0.6) is 0 Å². The molecule has 2 heterocycles. The second-order valence-electron chi connectivity index (χ2n) is 4.72. The average molecular weight is 284 g/mol. The molecule has 1 saturated heterocycles. The van der Waals surface area contributed by atoms with Gasteiger partial charge in [-0.15, -0.1) is 0 Å². The zero-order valence-electron chi connectivity index (χ0n) is 11.3. The molecule has 7 heteroatoms. The smallest absolute Gasteiger partial charge is 0.267 e. The minimum atomic E-state index is -0.0528. The number of anilines is 2. The second kappa shape index (κ2) is 6.21. The van der Waals surface area contributed by atoms with E-state index in [4.69, 9.17) is 10.5 Å². The Balaban J connectivity index is 1.99. The lowest BCUT2D eigenvalue weighted by Gasteiger charge is -2.26. The highest BCUT2D eigenvalue weighted by atomic mass is 32.1. The van der Waals surface area contributed by atoms with Gasteiger partial charge in [-0.2, -0.15) is 0 Å². The Morgan fingerprint density at radius 2 is 2.26 bits per heavy atom. The molecule has 2 rings (SSSR count). The summed E-state index contributed by atoms with van der Waals surface area (Å²) in [4.78, 5) is 18.7. The van der Waals surface area contributed by atoms with Crippen LogP contribution in [-0.4, -0.2) is 49.6 Å². The molecular weight excluding hydrogens is 264 g/mol. The van der Waals surface area contributed by atoms with Crippen molar-refractivity contribution >= 4 is 28.2 Å². The molecular formula is C12H20N4O2S. The van der Waals surface area contributed by atoms with Crippen LogP contribution in [0.4, 0.5) is 10.9 Å². The predicted molar refractivity (Wildman–Crippen MR) is 76.6 cm³/mol. The Labute approximate surface area is 116 Å². The van der Waals surface area contributed by atoms with Gasteiger partial charge in [-0.25, -0.2) is 4.98 Å². The van der Waals surface area contributed by atoms with Gasteiger partial charge in [0.1, 0.15) is 10.7 Å². The van der Waals surface area contributed by atoms with Crippen molar-refractivity contribution in [2.45, 2.75) is 12.8 Å². The quantitative estimate of drug-likeness (QED) is 0.870. The van der Waals surface area contributed by atoms with Gasteiger partial charge >= 0.3 is 0 Å². The summed E-state index contributed by atoms with van der Waals surface area (Å²) in [6.07, 6.45) is 2.02. The van der Waals surface area contributed by atoms with E-state index in [0.29, 0.717) is 21.7 Å². The van der Waals surface area contributed by atoms with Crippen LogP contribution in [0, 0.1) is 5.92 Å². The minimum absolute atomic E-state index is 0.0528. The molecule has 19 heavy (non-hydrogen) atoms. The first-order valence-corrected chi connectivity index (χ1v) is 7.20. The second-order valence-corrected chi connectivity index (χ2v) is 5.72. The number of rotatable bonds is 4. The zero-order valence-corrected chi connectivity index (χ0v) is 12.1. The molecule has 1 aliphatic rings. The molecule has 0 saturated carbocycles. The number of nitrogens with two attached hydrogens (primary N) is 1. The van der Waals surface area contributed by atoms with E-state index in [1.54, 1.807) is 11.9 Å². The fourth-order valence-electron chi connectivity index (χ4n) is 2.16. The highest BCUT2D eigenvalue weighted by Crippen LogP contribution is 2.26. The van der Waals surface area contributed by atoms with Crippen LogP contribution < -0.4 is 11.1 Å². The maximum atomic E-state index is 12.3. The summed E-state index contributed by atoms with van der Waals surface area (Å²) in [6.45, 7) is 2.33. The zero-order chi connectivity index (χ0) is 13.8. The normalized spacial score (nSPS) is 16.3. The molecule has 0 bridgehead atoms. The Bertz CT molecular complexity index is 443. The van der Waals surface area contributed by atoms with Crippen LogP contribution in [0.15, 0.2) is 0 Å². The van der Waals surface area contributed by atoms with Gasteiger partial charge in [0.2, 0.25) is 0 Å². The van der Waals surface area contributed by atoms with Crippen molar-refractivity contribution < 1.29 is 9.53 Å². The maximum absolute atomic E-state index is 12.3. The van der Waals surface area contributed by atoms with Gasteiger partial charge in [0.25, 0.3) is 5.91 Å². The van der Waals surface area contributed by atoms with Gasteiger partial charge in [-0.1, -0.05) is 11.3 Å². The fourth-order valence-corrected chi connectivity index (χ4v) is 3.00. The number of ether oxygens (including phenoxy) is 1. The number of amides is 1. The number of aromatic nitrogens is 1. The number of nitrogens with one attached hydrogen (secondary N) is 1. The van der Waals surface area contributed by atoms with Crippen LogP contribution in [0.25, 0.3) is 0 Å². The molecule has 1 fully saturated rings. The Hall–Kier alpha value is -1.34. The third-order valence-corrected chi connectivity index (χ3v) is 4.36. The number of carbonyl (C=O) groups is 1. The van der Waals surface area contributed by atoms with E-state index < -0.39 is 0 Å². The molecule has 1 aromatic rings. The van der Waals surface area contributed by atoms with Crippen molar-refractivity contribution in [3.8, 4) is 0 Å². The van der Waals surface area contributed by atoms with Gasteiger partial charge in [-0.3, -0.25) is 4.79 Å². The van der Waals surface area contributed by atoms with Crippen molar-refractivity contribution in [2.75, 3.05) is 44.9 Å². The Morgan fingerprint density at radius 3 is 2.84 bits per heavy atom. The molecule has 0 unspecified atom stereocenters. The lowest BCUT2D eigenvalue weighted by atomic mass is 10.00. The number of thiazole rings is 1. The maximum Gasteiger partial charge on any atom is 0.267 e. The number of nitrogens with zero attached hydrogens (tertiary/aromatic N) is 2. The van der Waals surface area contributed by atoms with Gasteiger partial charge in [0.15, 0.2) is 5.13 Å². The molecule has 0 radical (unpaired) electrons.